The highest BCUT2D eigenvalue weighted by atomic mass is 32.2. The Morgan fingerprint density at radius 2 is 1.44 bits per heavy atom. The first-order valence-electron chi connectivity index (χ1n) is 11.0. The molecular weight excluding hydrogens is 494 g/mol. The normalized spacial score (nSPS) is 18.5. The van der Waals surface area contributed by atoms with Crippen molar-refractivity contribution in [1.29, 1.82) is 0 Å². The molecule has 1 aliphatic rings. The van der Waals surface area contributed by atoms with Gasteiger partial charge in [0.2, 0.25) is 26.0 Å². The standard InChI is InChI=1S/C23H31N3O5S3/c1-23(2,3)32-17-14-24-22(27)21-18-25(33(28,29)19-10-6-4-7-11-19)15-16-26(21)34(30,31)20-12-8-5-9-13-20/h4-13,21H,14-18H2,1-3H3,(H,24,27)/t21-/m1/s1. The van der Waals surface area contributed by atoms with Gasteiger partial charge in [-0.3, -0.25) is 4.79 Å². The molecule has 0 saturated carbocycles. The molecule has 186 valence electrons. The number of thioether (sulfide) groups is 1. The number of hydrogen-bond acceptors (Lipinski definition) is 6. The zero-order valence-corrected chi connectivity index (χ0v) is 22.0. The van der Waals surface area contributed by atoms with Crippen molar-refractivity contribution in [2.45, 2.75) is 41.4 Å². The van der Waals surface area contributed by atoms with E-state index in [0.29, 0.717) is 12.3 Å². The molecule has 1 amide bonds. The van der Waals surface area contributed by atoms with E-state index < -0.39 is 32.0 Å². The average Bonchev–Trinajstić information content (AvgIpc) is 2.82. The van der Waals surface area contributed by atoms with Gasteiger partial charge < -0.3 is 5.32 Å². The Labute approximate surface area is 206 Å². The van der Waals surface area contributed by atoms with Crippen molar-refractivity contribution in [1.82, 2.24) is 13.9 Å². The van der Waals surface area contributed by atoms with Gasteiger partial charge in [0.1, 0.15) is 6.04 Å². The summed E-state index contributed by atoms with van der Waals surface area (Å²) in [7, 11) is -7.88. The van der Waals surface area contributed by atoms with Crippen molar-refractivity contribution >= 4 is 37.7 Å². The van der Waals surface area contributed by atoms with Gasteiger partial charge >= 0.3 is 0 Å². The number of nitrogens with zero attached hydrogens (tertiary/aromatic N) is 2. The summed E-state index contributed by atoms with van der Waals surface area (Å²) < 4.78 is 55.4. The predicted molar refractivity (Wildman–Crippen MR) is 135 cm³/mol. The average molecular weight is 526 g/mol. The van der Waals surface area contributed by atoms with Crippen molar-refractivity contribution in [3.8, 4) is 0 Å². The van der Waals surface area contributed by atoms with E-state index in [0.717, 1.165) is 4.31 Å². The molecule has 0 bridgehead atoms. The van der Waals surface area contributed by atoms with Gasteiger partial charge in [0, 0.05) is 36.7 Å². The third-order valence-electron chi connectivity index (χ3n) is 5.26. The van der Waals surface area contributed by atoms with Crippen molar-refractivity contribution in [3.63, 3.8) is 0 Å². The molecule has 8 nitrogen and oxygen atoms in total. The minimum absolute atomic E-state index is 0.0266. The second-order valence-corrected chi connectivity index (χ2v) is 14.6. The van der Waals surface area contributed by atoms with Crippen LogP contribution in [0.2, 0.25) is 0 Å². The molecule has 1 fully saturated rings. The number of rotatable bonds is 8. The molecule has 2 aromatic carbocycles. The Kier molecular flexibility index (Phi) is 8.46. The highest BCUT2D eigenvalue weighted by Crippen LogP contribution is 2.26. The summed E-state index contributed by atoms with van der Waals surface area (Å²) in [5.41, 5.74) is 0. The van der Waals surface area contributed by atoms with Crippen molar-refractivity contribution in [2.75, 3.05) is 31.9 Å². The third-order valence-corrected chi connectivity index (χ3v) is 10.3. The molecule has 3 rings (SSSR count). The molecule has 0 aliphatic carbocycles. The van der Waals surface area contributed by atoms with E-state index in [2.05, 4.69) is 26.1 Å². The zero-order chi connectivity index (χ0) is 25.0. The molecule has 1 saturated heterocycles. The molecule has 11 heteroatoms. The molecule has 0 unspecified atom stereocenters. The smallest absolute Gasteiger partial charge is 0.243 e. The van der Waals surface area contributed by atoms with E-state index in [1.807, 2.05) is 0 Å². The number of hydrogen-bond donors (Lipinski definition) is 1. The Hall–Kier alpha value is -1.92. The van der Waals surface area contributed by atoms with Crippen LogP contribution in [0.15, 0.2) is 70.5 Å². The van der Waals surface area contributed by atoms with Crippen LogP contribution in [0.5, 0.6) is 0 Å². The minimum Gasteiger partial charge on any atom is -0.354 e. The van der Waals surface area contributed by atoms with Crippen molar-refractivity contribution in [2.24, 2.45) is 0 Å². The van der Waals surface area contributed by atoms with Gasteiger partial charge in [0.25, 0.3) is 0 Å². The zero-order valence-electron chi connectivity index (χ0n) is 19.5. The summed E-state index contributed by atoms with van der Waals surface area (Å²) in [6.45, 7) is 6.12. The lowest BCUT2D eigenvalue weighted by atomic mass is 10.2. The van der Waals surface area contributed by atoms with E-state index in [1.54, 1.807) is 48.2 Å². The number of nitrogens with one attached hydrogen (secondary N) is 1. The Morgan fingerprint density at radius 1 is 0.912 bits per heavy atom. The molecule has 2 aromatic rings. The largest absolute Gasteiger partial charge is 0.354 e. The number of benzene rings is 2. The maximum Gasteiger partial charge on any atom is 0.243 e. The second-order valence-electron chi connectivity index (χ2n) is 8.87. The van der Waals surface area contributed by atoms with E-state index in [1.165, 1.54) is 28.6 Å². The number of piperazine rings is 1. The maximum absolute atomic E-state index is 13.4. The molecule has 0 aromatic heterocycles. The first kappa shape index (κ1) is 26.7. The van der Waals surface area contributed by atoms with Gasteiger partial charge in [-0.2, -0.15) is 20.4 Å². The lowest BCUT2D eigenvalue weighted by Gasteiger charge is -2.39. The summed E-state index contributed by atoms with van der Waals surface area (Å²) in [6.07, 6.45) is 0. The lowest BCUT2D eigenvalue weighted by molar-refractivity contribution is -0.125. The van der Waals surface area contributed by atoms with Gasteiger partial charge in [-0.1, -0.05) is 57.2 Å². The monoisotopic (exact) mass is 525 g/mol. The SMILES string of the molecule is CC(C)(C)SCCNC(=O)[C@H]1CN(S(=O)(=O)c2ccccc2)CCN1S(=O)(=O)c1ccccc1. The Bertz CT molecular complexity index is 1180. The van der Waals surface area contributed by atoms with Gasteiger partial charge in [-0.25, -0.2) is 16.8 Å². The Balaban J connectivity index is 1.86. The number of carbonyl (C=O) groups is 1. The number of sulfonamides is 2. The van der Waals surface area contributed by atoms with Crippen LogP contribution in [-0.2, 0) is 24.8 Å². The van der Waals surface area contributed by atoms with E-state index in [-0.39, 0.29) is 34.2 Å². The summed E-state index contributed by atoms with van der Waals surface area (Å²) >= 11 is 1.67. The minimum atomic E-state index is -4.00. The first-order valence-corrected chi connectivity index (χ1v) is 14.8. The van der Waals surface area contributed by atoms with Crippen LogP contribution in [0.1, 0.15) is 20.8 Å². The summed E-state index contributed by atoms with van der Waals surface area (Å²) in [5.74, 6) is 0.140. The van der Waals surface area contributed by atoms with E-state index >= 15 is 0 Å². The molecular formula is C23H31N3O5S3. The number of amides is 1. The Morgan fingerprint density at radius 3 is 1.97 bits per heavy atom. The molecule has 1 aliphatic heterocycles. The number of carbonyl (C=O) groups excluding carboxylic acids is 1. The van der Waals surface area contributed by atoms with Gasteiger partial charge in [0.05, 0.1) is 9.79 Å². The molecule has 34 heavy (non-hydrogen) atoms. The topological polar surface area (TPSA) is 104 Å². The summed E-state index contributed by atoms with van der Waals surface area (Å²) in [6, 6.07) is 14.6. The van der Waals surface area contributed by atoms with Crippen LogP contribution in [-0.4, -0.2) is 74.1 Å². The second kappa shape index (κ2) is 10.8. The molecule has 1 heterocycles. The molecule has 0 spiro atoms. The fraction of sp³-hybridized carbons (Fsp3) is 0.435. The molecule has 1 N–H and O–H groups in total. The first-order chi connectivity index (χ1) is 15.9. The van der Waals surface area contributed by atoms with Crippen LogP contribution < -0.4 is 5.32 Å². The van der Waals surface area contributed by atoms with E-state index in [4.69, 9.17) is 0 Å². The summed E-state index contributed by atoms with van der Waals surface area (Å²) in [4.78, 5) is 13.3. The fourth-order valence-electron chi connectivity index (χ4n) is 3.58. The van der Waals surface area contributed by atoms with Crippen LogP contribution in [0.3, 0.4) is 0 Å². The molecule has 1 atom stereocenters. The van der Waals surface area contributed by atoms with Gasteiger partial charge in [-0.05, 0) is 24.3 Å². The van der Waals surface area contributed by atoms with Crippen LogP contribution in [0, 0.1) is 0 Å². The van der Waals surface area contributed by atoms with Crippen molar-refractivity contribution in [3.05, 3.63) is 60.7 Å². The highest BCUT2D eigenvalue weighted by molar-refractivity contribution is 8.00. The quantitative estimate of drug-likeness (QED) is 0.531. The maximum atomic E-state index is 13.4. The highest BCUT2D eigenvalue weighted by Gasteiger charge is 2.43. The predicted octanol–water partition coefficient (Wildman–Crippen LogP) is 2.40. The van der Waals surface area contributed by atoms with Crippen LogP contribution in [0.4, 0.5) is 0 Å². The fourth-order valence-corrected chi connectivity index (χ4v) is 7.45. The van der Waals surface area contributed by atoms with Crippen LogP contribution in [0.25, 0.3) is 0 Å². The third kappa shape index (κ3) is 6.39. The van der Waals surface area contributed by atoms with Gasteiger partial charge in [0.15, 0.2) is 0 Å². The molecule has 0 radical (unpaired) electrons. The van der Waals surface area contributed by atoms with Crippen molar-refractivity contribution < 1.29 is 21.6 Å². The van der Waals surface area contributed by atoms with E-state index in [9.17, 15) is 21.6 Å². The lowest BCUT2D eigenvalue weighted by Crippen LogP contribution is -2.61. The summed E-state index contributed by atoms with van der Waals surface area (Å²) in [5, 5.41) is 2.80. The van der Waals surface area contributed by atoms with Crippen LogP contribution >= 0.6 is 11.8 Å². The van der Waals surface area contributed by atoms with Gasteiger partial charge in [-0.15, -0.1) is 0 Å².